The Kier molecular flexibility index (Phi) is 20.6. The standard InChI is InChI=1S/C17H30O2.4Y/c1-12(6-4-7-13(2)18)14-9-10-15-16(19)8-5-11-17(14,15)3;;;;/h12-15,18H,4-11H2,1-3H3;;;;/t12-,13+,14?,15+,17-;;;;/m1..../s1. The van der Waals surface area contributed by atoms with Gasteiger partial charge in [-0.15, -0.1) is 0 Å². The van der Waals surface area contributed by atoms with Gasteiger partial charge in [0, 0.05) is 143 Å². The summed E-state index contributed by atoms with van der Waals surface area (Å²) in [5.41, 5.74) is 0.277. The predicted octanol–water partition coefficient (Wildman–Crippen LogP) is 3.95. The first-order chi connectivity index (χ1) is 8.95. The second kappa shape index (κ2) is 15.0. The molecule has 0 bridgehead atoms. The van der Waals surface area contributed by atoms with Crippen LogP contribution in [0.2, 0.25) is 0 Å². The molecule has 0 amide bonds. The number of ketones is 1. The summed E-state index contributed by atoms with van der Waals surface area (Å²) in [6, 6.07) is 0. The van der Waals surface area contributed by atoms with Crippen LogP contribution in [0.25, 0.3) is 0 Å². The molecule has 2 saturated carbocycles. The molecular weight excluding hydrogens is 592 g/mol. The van der Waals surface area contributed by atoms with Crippen molar-refractivity contribution < 1.29 is 141 Å². The van der Waals surface area contributed by atoms with E-state index in [4.69, 9.17) is 0 Å². The van der Waals surface area contributed by atoms with Crippen LogP contribution in [0.15, 0.2) is 0 Å². The number of hydrogen-bond donors (Lipinski definition) is 1. The van der Waals surface area contributed by atoms with Crippen molar-refractivity contribution in [2.24, 2.45) is 23.2 Å². The molecule has 0 saturated heterocycles. The molecule has 2 nitrogen and oxygen atoms in total. The van der Waals surface area contributed by atoms with Crippen molar-refractivity contribution in [1.82, 2.24) is 0 Å². The second-order valence-corrected chi connectivity index (χ2v) is 7.32. The van der Waals surface area contributed by atoms with Crippen LogP contribution in [0.1, 0.15) is 72.1 Å². The van der Waals surface area contributed by atoms with Crippen molar-refractivity contribution in [2.75, 3.05) is 0 Å². The van der Waals surface area contributed by atoms with E-state index in [-0.39, 0.29) is 142 Å². The Hall–Kier alpha value is 4.05. The molecule has 122 valence electrons. The molecule has 1 unspecified atom stereocenters. The zero-order chi connectivity index (χ0) is 14.0. The maximum atomic E-state index is 12.1. The Balaban J connectivity index is -0.000001000. The summed E-state index contributed by atoms with van der Waals surface area (Å²) < 4.78 is 0. The number of aliphatic hydroxyl groups excluding tert-OH is 1. The van der Waals surface area contributed by atoms with Crippen LogP contribution in [0.3, 0.4) is 0 Å². The SMILES string of the molecule is C[C@H](O)CCC[C@@H](C)C1CC[C@H]2C(=O)CCC[C@]12C.[Y].[Y].[Y].[Y]. The molecule has 0 aromatic heterocycles. The van der Waals surface area contributed by atoms with Crippen molar-refractivity contribution >= 4 is 5.78 Å². The summed E-state index contributed by atoms with van der Waals surface area (Å²) in [6.45, 7) is 6.61. The molecule has 5 atom stereocenters. The maximum absolute atomic E-state index is 12.1. The third-order valence-corrected chi connectivity index (χ3v) is 5.90. The first-order valence-electron chi connectivity index (χ1n) is 8.16. The molecule has 2 aliphatic rings. The number of fused-ring (bicyclic) bond motifs is 1. The van der Waals surface area contributed by atoms with Crippen LogP contribution in [0.5, 0.6) is 0 Å². The Morgan fingerprint density at radius 2 is 1.74 bits per heavy atom. The number of carbonyl (C=O) groups is 1. The molecule has 23 heavy (non-hydrogen) atoms. The average Bonchev–Trinajstić information content (AvgIpc) is 2.67. The van der Waals surface area contributed by atoms with Crippen LogP contribution in [-0.4, -0.2) is 17.0 Å². The van der Waals surface area contributed by atoms with Crippen LogP contribution in [0.4, 0.5) is 0 Å². The minimum atomic E-state index is -0.171. The minimum Gasteiger partial charge on any atom is -0.393 e. The second-order valence-electron chi connectivity index (χ2n) is 7.32. The van der Waals surface area contributed by atoms with Gasteiger partial charge in [0.2, 0.25) is 0 Å². The molecular formula is C17H30O2Y4. The van der Waals surface area contributed by atoms with Crippen molar-refractivity contribution in [1.29, 1.82) is 0 Å². The van der Waals surface area contributed by atoms with E-state index in [2.05, 4.69) is 13.8 Å². The van der Waals surface area contributed by atoms with Crippen LogP contribution >= 0.6 is 0 Å². The average molecular weight is 622 g/mol. The first kappa shape index (κ1) is 31.7. The van der Waals surface area contributed by atoms with Gasteiger partial charge in [-0.3, -0.25) is 4.79 Å². The van der Waals surface area contributed by atoms with E-state index >= 15 is 0 Å². The molecule has 6 heteroatoms. The summed E-state index contributed by atoms with van der Waals surface area (Å²) in [5, 5.41) is 9.36. The molecule has 4 radical (unpaired) electrons. The summed E-state index contributed by atoms with van der Waals surface area (Å²) in [4.78, 5) is 12.1. The summed E-state index contributed by atoms with van der Waals surface area (Å²) in [6.07, 6.45) is 8.59. The van der Waals surface area contributed by atoms with Gasteiger partial charge in [0.05, 0.1) is 6.10 Å². The predicted molar refractivity (Wildman–Crippen MR) is 77.9 cm³/mol. The smallest absolute Gasteiger partial charge is 0.136 e. The van der Waals surface area contributed by atoms with Gasteiger partial charge >= 0.3 is 0 Å². The van der Waals surface area contributed by atoms with E-state index in [1.807, 2.05) is 6.92 Å². The molecule has 2 fully saturated rings. The zero-order valence-electron chi connectivity index (χ0n) is 15.1. The number of Topliss-reactive ketones (excluding diaryl/α,β-unsaturated/α-hetero) is 1. The molecule has 0 aliphatic heterocycles. The van der Waals surface area contributed by atoms with Gasteiger partial charge in [-0.05, 0) is 56.3 Å². The zero-order valence-corrected chi connectivity index (χ0v) is 26.5. The Labute approximate surface area is 243 Å². The maximum Gasteiger partial charge on any atom is 0.136 e. The molecule has 2 aliphatic carbocycles. The molecule has 0 heterocycles. The van der Waals surface area contributed by atoms with E-state index in [1.165, 1.54) is 19.3 Å². The summed E-state index contributed by atoms with van der Waals surface area (Å²) >= 11 is 0. The molecule has 1 N–H and O–H groups in total. The van der Waals surface area contributed by atoms with E-state index < -0.39 is 0 Å². The van der Waals surface area contributed by atoms with Crippen LogP contribution < -0.4 is 0 Å². The monoisotopic (exact) mass is 622 g/mol. The van der Waals surface area contributed by atoms with Gasteiger partial charge in [0.15, 0.2) is 0 Å². The largest absolute Gasteiger partial charge is 0.393 e. The van der Waals surface area contributed by atoms with E-state index in [0.29, 0.717) is 17.6 Å². The fraction of sp³-hybridized carbons (Fsp3) is 0.941. The third-order valence-electron chi connectivity index (χ3n) is 5.90. The van der Waals surface area contributed by atoms with E-state index in [9.17, 15) is 9.90 Å². The fourth-order valence-corrected chi connectivity index (χ4v) is 4.84. The third kappa shape index (κ3) is 8.52. The van der Waals surface area contributed by atoms with Crippen molar-refractivity contribution in [3.05, 3.63) is 0 Å². The minimum absolute atomic E-state index is 0. The van der Waals surface area contributed by atoms with E-state index in [0.717, 1.165) is 38.0 Å². The van der Waals surface area contributed by atoms with Gasteiger partial charge in [0.25, 0.3) is 0 Å². The molecule has 0 spiro atoms. The van der Waals surface area contributed by atoms with Crippen LogP contribution in [-0.2, 0) is 136 Å². The number of aliphatic hydroxyl groups is 1. The number of hydrogen-bond acceptors (Lipinski definition) is 2. The van der Waals surface area contributed by atoms with E-state index in [1.54, 1.807) is 0 Å². The Morgan fingerprint density at radius 3 is 2.30 bits per heavy atom. The van der Waals surface area contributed by atoms with Crippen molar-refractivity contribution in [3.63, 3.8) is 0 Å². The number of carbonyl (C=O) groups excluding carboxylic acids is 1. The molecule has 0 aromatic rings. The van der Waals surface area contributed by atoms with Gasteiger partial charge in [0.1, 0.15) is 5.78 Å². The fourth-order valence-electron chi connectivity index (χ4n) is 4.84. The summed E-state index contributed by atoms with van der Waals surface area (Å²) in [7, 11) is 0. The van der Waals surface area contributed by atoms with Gasteiger partial charge in [-0.2, -0.15) is 0 Å². The van der Waals surface area contributed by atoms with Crippen molar-refractivity contribution in [2.45, 2.75) is 78.2 Å². The normalized spacial score (nSPS) is 31.4. The topological polar surface area (TPSA) is 37.3 Å². The van der Waals surface area contributed by atoms with Crippen LogP contribution in [0, 0.1) is 23.2 Å². The molecule has 0 aromatic carbocycles. The molecule has 2 rings (SSSR count). The number of rotatable bonds is 5. The Morgan fingerprint density at radius 1 is 1.13 bits per heavy atom. The quantitative estimate of drug-likeness (QED) is 0.505. The van der Waals surface area contributed by atoms with Gasteiger partial charge in [-0.1, -0.05) is 26.7 Å². The van der Waals surface area contributed by atoms with Gasteiger partial charge < -0.3 is 5.11 Å². The first-order valence-corrected chi connectivity index (χ1v) is 8.16. The Bertz CT molecular complexity index is 339. The van der Waals surface area contributed by atoms with Crippen molar-refractivity contribution in [3.8, 4) is 0 Å². The van der Waals surface area contributed by atoms with Gasteiger partial charge in [-0.25, -0.2) is 0 Å². The summed E-state index contributed by atoms with van der Waals surface area (Å²) in [5.74, 6) is 2.30.